The molecule has 4 heteroatoms. The summed E-state index contributed by atoms with van der Waals surface area (Å²) in [7, 11) is 0. The number of likely N-dealkylation sites (tertiary alicyclic amines) is 1. The third kappa shape index (κ3) is 3.24. The smallest absolute Gasteiger partial charge is 0.410 e. The summed E-state index contributed by atoms with van der Waals surface area (Å²) in [5.74, 6) is 0.703. The molecule has 18 heavy (non-hydrogen) atoms. The molecule has 2 aliphatic rings. The molecule has 0 N–H and O–H groups in total. The van der Waals surface area contributed by atoms with Crippen molar-refractivity contribution < 1.29 is 14.3 Å². The van der Waals surface area contributed by atoms with Crippen LogP contribution in [-0.2, 0) is 9.53 Å². The van der Waals surface area contributed by atoms with Crippen LogP contribution in [0.5, 0.6) is 0 Å². The zero-order valence-electron chi connectivity index (χ0n) is 11.6. The first kappa shape index (κ1) is 13.4. The summed E-state index contributed by atoms with van der Waals surface area (Å²) >= 11 is 0. The molecule has 2 fully saturated rings. The van der Waals surface area contributed by atoms with E-state index < -0.39 is 5.60 Å². The highest BCUT2D eigenvalue weighted by Crippen LogP contribution is 2.44. The van der Waals surface area contributed by atoms with Gasteiger partial charge in [-0.2, -0.15) is 0 Å². The average molecular weight is 253 g/mol. The second-order valence-corrected chi connectivity index (χ2v) is 6.78. The third-order valence-corrected chi connectivity index (χ3v) is 3.68. The normalized spacial score (nSPS) is 28.3. The molecule has 0 radical (unpaired) electrons. The lowest BCUT2D eigenvalue weighted by molar-refractivity contribution is -0.116. The van der Waals surface area contributed by atoms with Crippen molar-refractivity contribution >= 4 is 12.4 Å². The Bertz CT molecular complexity index is 343. The number of hydrogen-bond acceptors (Lipinski definition) is 3. The van der Waals surface area contributed by atoms with Gasteiger partial charge in [0.2, 0.25) is 0 Å². The highest BCUT2D eigenvalue weighted by Gasteiger charge is 2.44. The van der Waals surface area contributed by atoms with E-state index in [0.717, 1.165) is 19.1 Å². The largest absolute Gasteiger partial charge is 0.444 e. The van der Waals surface area contributed by atoms with Crippen molar-refractivity contribution in [1.29, 1.82) is 0 Å². The maximum Gasteiger partial charge on any atom is 0.410 e. The van der Waals surface area contributed by atoms with Gasteiger partial charge >= 0.3 is 6.09 Å². The molecule has 1 amide bonds. The Morgan fingerprint density at radius 3 is 2.61 bits per heavy atom. The first-order valence-corrected chi connectivity index (χ1v) is 6.78. The minimum atomic E-state index is -0.472. The van der Waals surface area contributed by atoms with Gasteiger partial charge in [0.25, 0.3) is 0 Å². The van der Waals surface area contributed by atoms with E-state index in [2.05, 4.69) is 0 Å². The fourth-order valence-corrected chi connectivity index (χ4v) is 2.59. The highest BCUT2D eigenvalue weighted by atomic mass is 16.6. The number of aldehydes is 1. The molecule has 0 bridgehead atoms. The molecule has 1 saturated heterocycles. The Balaban J connectivity index is 1.93. The molecule has 4 nitrogen and oxygen atoms in total. The van der Waals surface area contributed by atoms with E-state index in [0.29, 0.717) is 19.0 Å². The predicted molar refractivity (Wildman–Crippen MR) is 68.3 cm³/mol. The van der Waals surface area contributed by atoms with Crippen LogP contribution < -0.4 is 0 Å². The Morgan fingerprint density at radius 2 is 2.11 bits per heavy atom. The van der Waals surface area contributed by atoms with Crippen molar-refractivity contribution in [3.8, 4) is 0 Å². The number of nitrogens with zero attached hydrogens (tertiary/aromatic N) is 1. The first-order chi connectivity index (χ1) is 8.34. The molecule has 1 heterocycles. The minimum Gasteiger partial charge on any atom is -0.444 e. The number of ether oxygens (including phenoxy) is 1. The topological polar surface area (TPSA) is 46.6 Å². The zero-order chi connectivity index (χ0) is 13.4. The number of hydrogen-bond donors (Lipinski definition) is 0. The maximum atomic E-state index is 12.0. The van der Waals surface area contributed by atoms with Crippen LogP contribution in [0.2, 0.25) is 0 Å². The first-order valence-electron chi connectivity index (χ1n) is 6.78. The number of amides is 1. The van der Waals surface area contributed by atoms with E-state index in [1.807, 2.05) is 20.8 Å². The quantitative estimate of drug-likeness (QED) is 0.726. The number of carbonyl (C=O) groups excluding carboxylic acids is 2. The third-order valence-electron chi connectivity index (χ3n) is 3.68. The zero-order valence-corrected chi connectivity index (χ0v) is 11.6. The average Bonchev–Trinajstić information content (AvgIpc) is 2.93. The molecule has 0 aromatic heterocycles. The van der Waals surface area contributed by atoms with Crippen molar-refractivity contribution in [1.82, 2.24) is 4.90 Å². The molecule has 1 aliphatic carbocycles. The molecule has 0 spiro atoms. The van der Waals surface area contributed by atoms with Gasteiger partial charge in [0.05, 0.1) is 0 Å². The van der Waals surface area contributed by atoms with Gasteiger partial charge < -0.3 is 14.4 Å². The minimum absolute atomic E-state index is 0.290. The van der Waals surface area contributed by atoms with E-state index in [9.17, 15) is 9.59 Å². The molecule has 0 aromatic rings. The van der Waals surface area contributed by atoms with Gasteiger partial charge in [-0.25, -0.2) is 4.79 Å². The van der Waals surface area contributed by atoms with Crippen molar-refractivity contribution in [2.45, 2.75) is 52.1 Å². The SMILES string of the molecule is CC(C)(C)OC(=O)N1CCC(C=O)(CC2CC2)C1. The van der Waals surface area contributed by atoms with E-state index in [-0.39, 0.29) is 11.5 Å². The van der Waals surface area contributed by atoms with Crippen LogP contribution in [0.15, 0.2) is 0 Å². The second kappa shape index (κ2) is 4.56. The Labute approximate surface area is 109 Å². The van der Waals surface area contributed by atoms with Gasteiger partial charge in [0.1, 0.15) is 11.9 Å². The number of carbonyl (C=O) groups is 2. The molecular weight excluding hydrogens is 230 g/mol. The second-order valence-electron chi connectivity index (χ2n) is 6.78. The summed E-state index contributed by atoms with van der Waals surface area (Å²) < 4.78 is 5.35. The van der Waals surface area contributed by atoms with E-state index in [4.69, 9.17) is 4.74 Å². The van der Waals surface area contributed by atoms with Gasteiger partial charge in [0.15, 0.2) is 0 Å². The maximum absolute atomic E-state index is 12.0. The van der Waals surface area contributed by atoms with Crippen LogP contribution in [0.1, 0.15) is 46.5 Å². The van der Waals surface area contributed by atoms with Crippen molar-refractivity contribution in [2.75, 3.05) is 13.1 Å². The Kier molecular flexibility index (Phi) is 3.39. The molecule has 2 rings (SSSR count). The van der Waals surface area contributed by atoms with Crippen molar-refractivity contribution in [3.63, 3.8) is 0 Å². The Morgan fingerprint density at radius 1 is 1.44 bits per heavy atom. The van der Waals surface area contributed by atoms with E-state index in [1.165, 1.54) is 12.8 Å². The van der Waals surface area contributed by atoms with Crippen LogP contribution >= 0.6 is 0 Å². The summed E-state index contributed by atoms with van der Waals surface area (Å²) in [6, 6.07) is 0. The standard InChI is InChI=1S/C14H23NO3/c1-13(2,3)18-12(17)15-7-6-14(9-15,10-16)8-11-4-5-11/h10-11H,4-9H2,1-3H3. The Hall–Kier alpha value is -1.06. The monoisotopic (exact) mass is 253 g/mol. The van der Waals surface area contributed by atoms with Crippen LogP contribution in [0.4, 0.5) is 4.79 Å². The lowest BCUT2D eigenvalue weighted by Crippen LogP contribution is -2.37. The molecule has 1 aliphatic heterocycles. The summed E-state index contributed by atoms with van der Waals surface area (Å²) in [4.78, 5) is 25.0. The van der Waals surface area contributed by atoms with Crippen molar-refractivity contribution in [2.24, 2.45) is 11.3 Å². The summed E-state index contributed by atoms with van der Waals surface area (Å²) in [5, 5.41) is 0. The van der Waals surface area contributed by atoms with Crippen LogP contribution in [0, 0.1) is 11.3 Å². The molecule has 1 saturated carbocycles. The molecule has 1 atom stereocenters. The number of rotatable bonds is 3. The lowest BCUT2D eigenvalue weighted by Gasteiger charge is -2.26. The van der Waals surface area contributed by atoms with Gasteiger partial charge in [-0.15, -0.1) is 0 Å². The van der Waals surface area contributed by atoms with Crippen LogP contribution in [-0.4, -0.2) is 36.0 Å². The fourth-order valence-electron chi connectivity index (χ4n) is 2.59. The summed E-state index contributed by atoms with van der Waals surface area (Å²) in [6.45, 7) is 6.75. The highest BCUT2D eigenvalue weighted by molar-refractivity contribution is 5.71. The van der Waals surface area contributed by atoms with Crippen LogP contribution in [0.25, 0.3) is 0 Å². The van der Waals surface area contributed by atoms with Crippen molar-refractivity contribution in [3.05, 3.63) is 0 Å². The van der Waals surface area contributed by atoms with Gasteiger partial charge in [0, 0.05) is 18.5 Å². The van der Waals surface area contributed by atoms with Crippen LogP contribution in [0.3, 0.4) is 0 Å². The summed E-state index contributed by atoms with van der Waals surface area (Å²) in [6.07, 6.45) is 4.98. The van der Waals surface area contributed by atoms with Gasteiger partial charge in [-0.3, -0.25) is 0 Å². The summed E-state index contributed by atoms with van der Waals surface area (Å²) in [5.41, 5.74) is -0.780. The predicted octanol–water partition coefficient (Wildman–Crippen LogP) is 2.61. The molecular formula is C14H23NO3. The van der Waals surface area contributed by atoms with E-state index in [1.54, 1.807) is 4.90 Å². The fraction of sp³-hybridized carbons (Fsp3) is 0.857. The molecule has 1 unspecified atom stereocenters. The van der Waals surface area contributed by atoms with E-state index >= 15 is 0 Å². The molecule has 102 valence electrons. The lowest BCUT2D eigenvalue weighted by atomic mass is 9.83. The van der Waals surface area contributed by atoms with Gasteiger partial charge in [-0.1, -0.05) is 12.8 Å². The molecule has 0 aromatic carbocycles. The van der Waals surface area contributed by atoms with Gasteiger partial charge in [-0.05, 0) is 39.5 Å².